The summed E-state index contributed by atoms with van der Waals surface area (Å²) in [6, 6.07) is 21.3. The van der Waals surface area contributed by atoms with E-state index >= 15 is 0 Å². The van der Waals surface area contributed by atoms with E-state index in [0.29, 0.717) is 54.0 Å². The van der Waals surface area contributed by atoms with Gasteiger partial charge in [-0.1, -0.05) is 41.9 Å². The molecule has 7 nitrogen and oxygen atoms in total. The maximum atomic E-state index is 13.4. The highest BCUT2D eigenvalue weighted by atomic mass is 35.5. The first-order chi connectivity index (χ1) is 18.9. The first-order valence-corrected chi connectivity index (χ1v) is 13.6. The summed E-state index contributed by atoms with van der Waals surface area (Å²) in [6.45, 7) is 4.99. The Morgan fingerprint density at radius 2 is 1.64 bits per heavy atom. The smallest absolute Gasteiger partial charge is 0.303 e. The summed E-state index contributed by atoms with van der Waals surface area (Å²) in [5.41, 5.74) is 6.85. The molecule has 0 saturated carbocycles. The van der Waals surface area contributed by atoms with Gasteiger partial charge in [-0.2, -0.15) is 0 Å². The van der Waals surface area contributed by atoms with Crippen molar-refractivity contribution in [3.63, 3.8) is 0 Å². The second-order valence-electron chi connectivity index (χ2n) is 9.90. The van der Waals surface area contributed by atoms with Crippen molar-refractivity contribution in [2.75, 3.05) is 31.1 Å². The van der Waals surface area contributed by atoms with Gasteiger partial charge < -0.3 is 14.9 Å². The van der Waals surface area contributed by atoms with Gasteiger partial charge in [-0.15, -0.1) is 0 Å². The van der Waals surface area contributed by atoms with Crippen molar-refractivity contribution < 1.29 is 14.7 Å². The number of nitrogens with zero attached hydrogens (tertiary/aromatic N) is 4. The molecule has 0 unspecified atom stereocenters. The average molecular weight is 543 g/mol. The van der Waals surface area contributed by atoms with E-state index < -0.39 is 5.97 Å². The largest absolute Gasteiger partial charge is 0.481 e. The van der Waals surface area contributed by atoms with Gasteiger partial charge in [-0.05, 0) is 68.1 Å². The number of anilines is 1. The lowest BCUT2D eigenvalue weighted by Gasteiger charge is -2.36. The van der Waals surface area contributed by atoms with Gasteiger partial charge in [-0.3, -0.25) is 9.59 Å². The van der Waals surface area contributed by atoms with Crippen LogP contribution in [-0.4, -0.2) is 58.0 Å². The van der Waals surface area contributed by atoms with Gasteiger partial charge in [0.1, 0.15) is 0 Å². The fraction of sp³-hybridized carbons (Fsp3) is 0.290. The number of unbranched alkanes of at least 4 members (excludes halogenated alkanes) is 1. The van der Waals surface area contributed by atoms with Crippen LogP contribution in [0.3, 0.4) is 0 Å². The Morgan fingerprint density at radius 1 is 0.897 bits per heavy atom. The second-order valence-corrected chi connectivity index (χ2v) is 10.3. The van der Waals surface area contributed by atoms with Crippen molar-refractivity contribution >= 4 is 40.2 Å². The minimum Gasteiger partial charge on any atom is -0.481 e. The Morgan fingerprint density at radius 3 is 2.36 bits per heavy atom. The molecular formula is C31H31ClN4O3. The molecule has 0 spiro atoms. The molecule has 1 amide bonds. The first-order valence-electron chi connectivity index (χ1n) is 13.3. The van der Waals surface area contributed by atoms with E-state index in [-0.39, 0.29) is 12.3 Å². The molecule has 0 bridgehead atoms. The van der Waals surface area contributed by atoms with Crippen LogP contribution in [0.4, 0.5) is 5.69 Å². The first kappa shape index (κ1) is 26.6. The summed E-state index contributed by atoms with van der Waals surface area (Å²) < 4.78 is 0. The zero-order valence-electron chi connectivity index (χ0n) is 21.9. The number of carboxylic acid groups (broad SMARTS) is 1. The van der Waals surface area contributed by atoms with Crippen molar-refractivity contribution in [2.45, 2.75) is 32.6 Å². The second kappa shape index (κ2) is 11.8. The lowest BCUT2D eigenvalue weighted by molar-refractivity contribution is -0.137. The number of benzene rings is 3. The predicted octanol–water partition coefficient (Wildman–Crippen LogP) is 6.02. The third kappa shape index (κ3) is 6.20. The van der Waals surface area contributed by atoms with Crippen molar-refractivity contribution in [3.8, 4) is 11.3 Å². The van der Waals surface area contributed by atoms with Crippen LogP contribution < -0.4 is 4.90 Å². The average Bonchev–Trinajstić information content (AvgIpc) is 2.95. The molecule has 1 saturated heterocycles. The summed E-state index contributed by atoms with van der Waals surface area (Å²) in [6.07, 6.45) is 1.94. The zero-order valence-corrected chi connectivity index (χ0v) is 22.7. The Hall–Kier alpha value is -3.97. The minimum atomic E-state index is -0.805. The molecule has 1 aromatic heterocycles. The lowest BCUT2D eigenvalue weighted by atomic mass is 10.0. The van der Waals surface area contributed by atoms with Gasteiger partial charge in [-0.25, -0.2) is 9.97 Å². The van der Waals surface area contributed by atoms with Gasteiger partial charge in [0, 0.05) is 54.4 Å². The molecule has 39 heavy (non-hydrogen) atoms. The quantitative estimate of drug-likeness (QED) is 0.274. The molecular weight excluding hydrogens is 512 g/mol. The molecule has 2 heterocycles. The van der Waals surface area contributed by atoms with E-state index in [1.165, 1.54) is 11.3 Å². The number of hydrogen-bond acceptors (Lipinski definition) is 5. The monoisotopic (exact) mass is 542 g/mol. The van der Waals surface area contributed by atoms with Gasteiger partial charge in [0.05, 0.1) is 22.4 Å². The third-order valence-electron chi connectivity index (χ3n) is 7.18. The molecule has 5 rings (SSSR count). The summed E-state index contributed by atoms with van der Waals surface area (Å²) in [5.74, 6) is -0.812. The highest BCUT2D eigenvalue weighted by molar-refractivity contribution is 6.30. The maximum Gasteiger partial charge on any atom is 0.303 e. The van der Waals surface area contributed by atoms with Crippen molar-refractivity contribution in [2.24, 2.45) is 0 Å². The molecule has 1 aliphatic heterocycles. The number of aromatic nitrogens is 2. The van der Waals surface area contributed by atoms with E-state index in [0.717, 1.165) is 30.0 Å². The number of aliphatic carboxylic acids is 1. The Balaban J connectivity index is 1.37. The number of carbonyl (C=O) groups excluding carboxylic acids is 1. The summed E-state index contributed by atoms with van der Waals surface area (Å²) >= 11 is 6.09. The number of aryl methyl sites for hydroxylation is 2. The highest BCUT2D eigenvalue weighted by Crippen LogP contribution is 2.27. The fourth-order valence-corrected chi connectivity index (χ4v) is 5.18. The predicted molar refractivity (Wildman–Crippen MR) is 154 cm³/mol. The molecule has 200 valence electrons. The van der Waals surface area contributed by atoms with Crippen LogP contribution >= 0.6 is 11.6 Å². The van der Waals surface area contributed by atoms with Crippen LogP contribution in [0.15, 0.2) is 66.7 Å². The van der Waals surface area contributed by atoms with E-state index in [1.54, 1.807) is 0 Å². The fourth-order valence-electron chi connectivity index (χ4n) is 5.06. The molecule has 1 fully saturated rings. The molecule has 1 N–H and O–H groups in total. The van der Waals surface area contributed by atoms with Crippen LogP contribution in [0.2, 0.25) is 5.02 Å². The summed E-state index contributed by atoms with van der Waals surface area (Å²) in [4.78, 5) is 38.4. The van der Waals surface area contributed by atoms with Crippen molar-refractivity contribution in [1.82, 2.24) is 14.9 Å². The zero-order chi connectivity index (χ0) is 27.4. The number of carbonyl (C=O) groups is 2. The highest BCUT2D eigenvalue weighted by Gasteiger charge is 2.23. The van der Waals surface area contributed by atoms with E-state index in [4.69, 9.17) is 26.7 Å². The van der Waals surface area contributed by atoms with Crippen molar-refractivity contribution in [1.29, 1.82) is 0 Å². The molecule has 8 heteroatoms. The number of amides is 1. The van der Waals surface area contributed by atoms with Gasteiger partial charge >= 0.3 is 5.97 Å². The number of halogens is 1. The number of para-hydroxylation sites is 1. The Kier molecular flexibility index (Phi) is 8.07. The van der Waals surface area contributed by atoms with Gasteiger partial charge in [0.2, 0.25) is 0 Å². The molecule has 0 aliphatic carbocycles. The van der Waals surface area contributed by atoms with Gasteiger partial charge in [0.15, 0.2) is 0 Å². The van der Waals surface area contributed by atoms with Gasteiger partial charge in [0.25, 0.3) is 5.91 Å². The molecule has 4 aromatic rings. The van der Waals surface area contributed by atoms with E-state index in [9.17, 15) is 9.59 Å². The molecule has 0 atom stereocenters. The third-order valence-corrected chi connectivity index (χ3v) is 7.43. The Bertz CT molecular complexity index is 1500. The number of hydrogen-bond donors (Lipinski definition) is 1. The van der Waals surface area contributed by atoms with Crippen LogP contribution in [-0.2, 0) is 11.2 Å². The maximum absolute atomic E-state index is 13.4. The normalized spacial score (nSPS) is 13.6. The molecule has 1 aliphatic rings. The van der Waals surface area contributed by atoms with Crippen LogP contribution in [0.5, 0.6) is 0 Å². The summed E-state index contributed by atoms with van der Waals surface area (Å²) in [5, 5.41) is 9.64. The van der Waals surface area contributed by atoms with Crippen LogP contribution in [0, 0.1) is 6.92 Å². The molecule has 3 aromatic carbocycles. The Labute approximate surface area is 233 Å². The number of fused-ring (bicyclic) bond motifs is 1. The van der Waals surface area contributed by atoms with Crippen LogP contribution in [0.25, 0.3) is 22.3 Å². The van der Waals surface area contributed by atoms with E-state index in [2.05, 4.69) is 30.0 Å². The van der Waals surface area contributed by atoms with Crippen LogP contribution in [0.1, 0.15) is 40.9 Å². The summed E-state index contributed by atoms with van der Waals surface area (Å²) in [7, 11) is 0. The van der Waals surface area contributed by atoms with E-state index in [1.807, 2.05) is 53.4 Å². The SMILES string of the molecule is Cc1ccccc1N1CCN(C(=O)c2ccc3nc(-c4ccc(Cl)cc4)c(CCCCC(=O)O)nc3c2)CC1. The van der Waals surface area contributed by atoms with Crippen molar-refractivity contribution in [3.05, 3.63) is 88.6 Å². The molecule has 0 radical (unpaired) electrons. The lowest BCUT2D eigenvalue weighted by Crippen LogP contribution is -2.49. The minimum absolute atomic E-state index is 0.00656. The standard InChI is InChI=1S/C31H31ClN4O3/c1-21-6-2-4-8-28(21)35-16-18-36(19-17-35)31(39)23-12-15-25-27(20-23)33-26(7-3-5-9-29(37)38)30(34-25)22-10-13-24(32)14-11-22/h2,4,6,8,10-15,20H,3,5,7,9,16-19H2,1H3,(H,37,38). The number of carboxylic acids is 1. The number of rotatable bonds is 8. The topological polar surface area (TPSA) is 86.6 Å². The number of piperazine rings is 1.